The number of fused-ring (bicyclic) bond motifs is 1. The van der Waals surface area contributed by atoms with Gasteiger partial charge in [-0.3, -0.25) is 0 Å². The van der Waals surface area contributed by atoms with Crippen LogP contribution in [0.5, 0.6) is 5.75 Å². The van der Waals surface area contributed by atoms with E-state index in [-0.39, 0.29) is 0 Å². The molecule has 0 saturated heterocycles. The van der Waals surface area contributed by atoms with E-state index in [9.17, 15) is 0 Å². The third-order valence-electron chi connectivity index (χ3n) is 4.38. The molecule has 0 aliphatic heterocycles. The Morgan fingerprint density at radius 2 is 1.84 bits per heavy atom. The van der Waals surface area contributed by atoms with Crippen molar-refractivity contribution in [2.45, 2.75) is 34.7 Å². The number of methoxy groups -OCH3 is 1. The Bertz CT molecular complexity index is 894. The van der Waals surface area contributed by atoms with Crippen molar-refractivity contribution in [3.05, 3.63) is 41.6 Å². The second-order valence-electron chi connectivity index (χ2n) is 7.35. The number of nitrogens with two attached hydrogens (primary N) is 1. The molecule has 0 unspecified atom stereocenters. The molecule has 0 aliphatic rings. The van der Waals surface area contributed by atoms with E-state index in [1.165, 1.54) is 9.27 Å². The molecule has 6 heteroatoms. The number of nitrogen functional groups attached to an aromatic ring is 1. The van der Waals surface area contributed by atoms with E-state index in [0.717, 1.165) is 35.3 Å². The standard InChI is InChI=1S/C16H17N4O.3CH3.Sn/c1-3-12-8-15-14(16(17)19-12)9-18-20(15)10-11-4-6-13(21-2)7-5-11;;;;/h4-8H,3,10H2,1-2H3,(H2,17,19);3*1H3;. The Morgan fingerprint density at radius 1 is 1.16 bits per heavy atom. The van der Waals surface area contributed by atoms with Crippen LogP contribution in [0.2, 0.25) is 14.8 Å². The van der Waals surface area contributed by atoms with Gasteiger partial charge in [-0.15, -0.1) is 0 Å². The van der Waals surface area contributed by atoms with Gasteiger partial charge in [-0.1, -0.05) is 0 Å². The predicted molar refractivity (Wildman–Crippen MR) is 106 cm³/mol. The first-order valence-electron chi connectivity index (χ1n) is 8.62. The van der Waals surface area contributed by atoms with Gasteiger partial charge in [-0.2, -0.15) is 0 Å². The van der Waals surface area contributed by atoms with Crippen molar-refractivity contribution in [3.8, 4) is 5.75 Å². The van der Waals surface area contributed by atoms with Gasteiger partial charge in [0.05, 0.1) is 0 Å². The average Bonchev–Trinajstić information content (AvgIpc) is 2.95. The number of hydrogen-bond donors (Lipinski definition) is 1. The van der Waals surface area contributed by atoms with Gasteiger partial charge in [0, 0.05) is 0 Å². The molecule has 132 valence electrons. The van der Waals surface area contributed by atoms with Gasteiger partial charge < -0.3 is 0 Å². The molecule has 2 N–H and O–H groups in total. The van der Waals surface area contributed by atoms with Crippen LogP contribution in [0.1, 0.15) is 18.2 Å². The molecule has 0 aliphatic carbocycles. The van der Waals surface area contributed by atoms with E-state index in [4.69, 9.17) is 15.6 Å². The second kappa shape index (κ2) is 6.86. The molecule has 0 radical (unpaired) electrons. The molecule has 0 spiro atoms. The number of aromatic nitrogens is 3. The summed E-state index contributed by atoms with van der Waals surface area (Å²) >= 11 is -2.43. The van der Waals surface area contributed by atoms with Crippen molar-refractivity contribution in [1.29, 1.82) is 0 Å². The van der Waals surface area contributed by atoms with Crippen molar-refractivity contribution in [3.63, 3.8) is 0 Å². The Labute approximate surface area is 153 Å². The quantitative estimate of drug-likeness (QED) is 0.613. The number of benzene rings is 1. The van der Waals surface area contributed by atoms with Crippen molar-refractivity contribution in [2.75, 3.05) is 12.8 Å². The summed E-state index contributed by atoms with van der Waals surface area (Å²) in [6.45, 7) is 2.82. The fourth-order valence-electron chi connectivity index (χ4n) is 3.01. The average molecular weight is 445 g/mol. The summed E-state index contributed by atoms with van der Waals surface area (Å²) in [5, 5.41) is 6.06. The van der Waals surface area contributed by atoms with E-state index >= 15 is 0 Å². The molecule has 0 fully saturated rings. The first kappa shape index (κ1) is 18.0. The van der Waals surface area contributed by atoms with Crippen LogP contribution in [0.4, 0.5) is 5.82 Å². The Morgan fingerprint density at radius 3 is 2.40 bits per heavy atom. The number of anilines is 1. The molecule has 3 aromatic rings. The number of rotatable bonds is 5. The van der Waals surface area contributed by atoms with E-state index < -0.39 is 18.4 Å². The minimum atomic E-state index is -2.43. The summed E-state index contributed by atoms with van der Waals surface area (Å²) in [4.78, 5) is 11.7. The molecule has 3 rings (SSSR count). The molecular formula is C19H26N4OSn. The number of ether oxygens (including phenoxy) is 1. The molecule has 2 heterocycles. The Hall–Kier alpha value is -1.76. The molecule has 5 nitrogen and oxygen atoms in total. The van der Waals surface area contributed by atoms with Crippen LogP contribution in [0, 0.1) is 0 Å². The summed E-state index contributed by atoms with van der Waals surface area (Å²) in [6.07, 6.45) is 0.863. The number of hydrogen-bond acceptors (Lipinski definition) is 4. The predicted octanol–water partition coefficient (Wildman–Crippen LogP) is 3.18. The van der Waals surface area contributed by atoms with Crippen LogP contribution in [0.25, 0.3) is 10.9 Å². The van der Waals surface area contributed by atoms with Crippen LogP contribution in [0.3, 0.4) is 0 Å². The summed E-state index contributed by atoms with van der Waals surface area (Å²) in [7, 11) is 1.68. The zero-order valence-corrected chi connectivity index (χ0v) is 18.5. The van der Waals surface area contributed by atoms with E-state index in [1.54, 1.807) is 7.11 Å². The monoisotopic (exact) mass is 446 g/mol. The number of pyridine rings is 1. The maximum absolute atomic E-state index is 6.33. The van der Waals surface area contributed by atoms with E-state index in [0.29, 0.717) is 5.82 Å². The third kappa shape index (κ3) is 3.61. The van der Waals surface area contributed by atoms with Crippen molar-refractivity contribution >= 4 is 38.8 Å². The van der Waals surface area contributed by atoms with Crippen LogP contribution in [-0.2, 0) is 13.0 Å². The number of nitrogens with zero attached hydrogens (tertiary/aromatic N) is 3. The van der Waals surface area contributed by atoms with Crippen LogP contribution in [0.15, 0.2) is 30.3 Å². The molecule has 0 saturated carbocycles. The fraction of sp³-hybridized carbons (Fsp3) is 0.368. The third-order valence-corrected chi connectivity index (χ3v) is 9.43. The fourth-order valence-corrected chi connectivity index (χ4v) is 7.08. The van der Waals surface area contributed by atoms with Crippen LogP contribution < -0.4 is 14.2 Å². The summed E-state index contributed by atoms with van der Waals surface area (Å²) in [5.41, 5.74) is 9.63. The second-order valence-corrected chi connectivity index (χ2v) is 21.5. The first-order valence-corrected chi connectivity index (χ1v) is 18.6. The molecule has 25 heavy (non-hydrogen) atoms. The number of aryl methyl sites for hydroxylation is 1. The topological polar surface area (TPSA) is 66.0 Å². The van der Waals surface area contributed by atoms with Gasteiger partial charge >= 0.3 is 153 Å². The van der Waals surface area contributed by atoms with Gasteiger partial charge in [0.15, 0.2) is 0 Å². The van der Waals surface area contributed by atoms with Crippen LogP contribution in [-0.4, -0.2) is 40.3 Å². The molecule has 1 aromatic carbocycles. The van der Waals surface area contributed by atoms with Gasteiger partial charge in [-0.05, 0) is 0 Å². The maximum atomic E-state index is 6.33. The van der Waals surface area contributed by atoms with Crippen molar-refractivity contribution in [2.24, 2.45) is 0 Å². The van der Waals surface area contributed by atoms with E-state index in [1.807, 2.05) is 12.1 Å². The molecule has 0 bridgehead atoms. The SMILES string of the molecule is CCc1cc2c(c(N)n1)[c]([Sn]([CH3])([CH3])[CH3])nn2Cc1ccc(OC)cc1. The van der Waals surface area contributed by atoms with E-state index in [2.05, 4.69) is 49.6 Å². The minimum absolute atomic E-state index is 0.622. The zero-order valence-electron chi connectivity index (χ0n) is 15.6. The van der Waals surface area contributed by atoms with Gasteiger partial charge in [-0.25, -0.2) is 0 Å². The van der Waals surface area contributed by atoms with Gasteiger partial charge in [0.25, 0.3) is 0 Å². The summed E-state index contributed by atoms with van der Waals surface area (Å²) in [5.74, 6) is 1.49. The summed E-state index contributed by atoms with van der Waals surface area (Å²) in [6, 6.07) is 10.3. The summed E-state index contributed by atoms with van der Waals surface area (Å²) < 4.78 is 8.53. The zero-order chi connectivity index (χ0) is 18.2. The normalized spacial score (nSPS) is 11.9. The molecular weight excluding hydrogens is 419 g/mol. The first-order chi connectivity index (χ1) is 11.8. The molecule has 0 amide bonds. The van der Waals surface area contributed by atoms with Crippen LogP contribution >= 0.6 is 0 Å². The van der Waals surface area contributed by atoms with Gasteiger partial charge in [0.1, 0.15) is 0 Å². The van der Waals surface area contributed by atoms with Crippen molar-refractivity contribution in [1.82, 2.24) is 14.8 Å². The molecule has 0 atom stereocenters. The Kier molecular flexibility index (Phi) is 4.95. The Balaban J connectivity index is 2.14. The van der Waals surface area contributed by atoms with Gasteiger partial charge in [0.2, 0.25) is 0 Å². The van der Waals surface area contributed by atoms with Crippen molar-refractivity contribution < 1.29 is 4.74 Å². The molecule has 2 aromatic heterocycles.